The highest BCUT2D eigenvalue weighted by atomic mass is 32.2. The second kappa shape index (κ2) is 9.86. The van der Waals surface area contributed by atoms with Gasteiger partial charge in [-0.15, -0.1) is 0 Å². The van der Waals surface area contributed by atoms with Gasteiger partial charge in [0.1, 0.15) is 0 Å². The fraction of sp³-hybridized carbons (Fsp3) is 0.600. The van der Waals surface area contributed by atoms with E-state index >= 15 is 0 Å². The van der Waals surface area contributed by atoms with E-state index in [1.54, 1.807) is 43.3 Å². The molecule has 1 aromatic carbocycles. The van der Waals surface area contributed by atoms with E-state index in [0.29, 0.717) is 32.8 Å². The number of likely N-dealkylation sites (tertiary alicyclic amines) is 1. The Labute approximate surface area is 178 Å². The summed E-state index contributed by atoms with van der Waals surface area (Å²) in [5, 5.41) is 2.85. The molecule has 1 N–H and O–H groups in total. The third-order valence-electron chi connectivity index (χ3n) is 5.46. The summed E-state index contributed by atoms with van der Waals surface area (Å²) < 4.78 is 31.9. The molecule has 9 nitrogen and oxygen atoms in total. The van der Waals surface area contributed by atoms with Crippen molar-refractivity contribution in [2.24, 2.45) is 0 Å². The number of nitrogens with zero attached hydrogens (tertiary/aromatic N) is 3. The maximum absolute atomic E-state index is 12.7. The van der Waals surface area contributed by atoms with E-state index in [2.05, 4.69) is 5.32 Å². The number of sulfonamides is 1. The molecule has 2 amide bonds. The molecule has 0 saturated carbocycles. The Balaban J connectivity index is 1.52. The largest absolute Gasteiger partial charge is 0.379 e. The Bertz CT molecular complexity index is 850. The number of carbonyl (C=O) groups excluding carboxylic acids is 2. The van der Waals surface area contributed by atoms with E-state index in [9.17, 15) is 18.0 Å². The van der Waals surface area contributed by atoms with Gasteiger partial charge in [-0.3, -0.25) is 14.5 Å². The van der Waals surface area contributed by atoms with Crippen LogP contribution >= 0.6 is 0 Å². The van der Waals surface area contributed by atoms with E-state index in [1.165, 1.54) is 4.31 Å². The summed E-state index contributed by atoms with van der Waals surface area (Å²) >= 11 is 0. The lowest BCUT2D eigenvalue weighted by Crippen LogP contribution is -2.46. The first kappa shape index (κ1) is 22.7. The monoisotopic (exact) mass is 438 g/mol. The number of ether oxygens (including phenoxy) is 1. The number of hydrogen-bond acceptors (Lipinski definition) is 6. The molecule has 3 rings (SSSR count). The Morgan fingerprint density at radius 1 is 1.13 bits per heavy atom. The molecular formula is C20H30N4O5S. The molecule has 166 valence electrons. The number of carbonyl (C=O) groups is 2. The predicted molar refractivity (Wildman–Crippen MR) is 111 cm³/mol. The third kappa shape index (κ3) is 5.37. The molecule has 30 heavy (non-hydrogen) atoms. The summed E-state index contributed by atoms with van der Waals surface area (Å²) in [6.07, 6.45) is 1.67. The molecule has 0 spiro atoms. The van der Waals surface area contributed by atoms with Crippen molar-refractivity contribution < 1.29 is 22.7 Å². The van der Waals surface area contributed by atoms with Crippen LogP contribution < -0.4 is 5.32 Å². The van der Waals surface area contributed by atoms with Gasteiger partial charge in [0.25, 0.3) is 0 Å². The van der Waals surface area contributed by atoms with Crippen LogP contribution in [-0.4, -0.2) is 93.9 Å². The van der Waals surface area contributed by atoms with Crippen molar-refractivity contribution in [3.05, 3.63) is 29.8 Å². The van der Waals surface area contributed by atoms with Crippen LogP contribution in [0.2, 0.25) is 0 Å². The molecule has 2 saturated heterocycles. The second-order valence-corrected chi connectivity index (χ2v) is 9.74. The van der Waals surface area contributed by atoms with Crippen LogP contribution in [0.15, 0.2) is 29.2 Å². The van der Waals surface area contributed by atoms with Crippen molar-refractivity contribution in [1.29, 1.82) is 0 Å². The maximum atomic E-state index is 12.7. The minimum absolute atomic E-state index is 0.0253. The van der Waals surface area contributed by atoms with Gasteiger partial charge >= 0.3 is 0 Å². The van der Waals surface area contributed by atoms with Gasteiger partial charge in [-0.2, -0.15) is 4.31 Å². The molecule has 0 bridgehead atoms. The van der Waals surface area contributed by atoms with Crippen LogP contribution in [0.4, 0.5) is 0 Å². The molecule has 1 atom stereocenters. The number of rotatable bonds is 7. The van der Waals surface area contributed by atoms with Crippen LogP contribution in [0, 0.1) is 0 Å². The van der Waals surface area contributed by atoms with Crippen molar-refractivity contribution in [3.8, 4) is 0 Å². The van der Waals surface area contributed by atoms with Gasteiger partial charge in [0, 0.05) is 33.7 Å². The maximum Gasteiger partial charge on any atom is 0.243 e. The van der Waals surface area contributed by atoms with E-state index in [-0.39, 0.29) is 29.3 Å². The zero-order valence-electron chi connectivity index (χ0n) is 17.5. The highest BCUT2D eigenvalue weighted by Crippen LogP contribution is 2.19. The van der Waals surface area contributed by atoms with Crippen molar-refractivity contribution in [2.45, 2.75) is 30.3 Å². The topological polar surface area (TPSA) is 99.3 Å². The molecule has 2 fully saturated rings. The SMILES string of the molecule is CN(C)C(=O)[C@@H]1CCCN1CC(=O)NCc1ccc(S(=O)(=O)N2CCOCC2)cc1. The lowest BCUT2D eigenvalue weighted by molar-refractivity contribution is -0.134. The average Bonchev–Trinajstić information content (AvgIpc) is 3.20. The van der Waals surface area contributed by atoms with E-state index in [0.717, 1.165) is 24.9 Å². The zero-order valence-corrected chi connectivity index (χ0v) is 18.4. The number of benzene rings is 1. The molecular weight excluding hydrogens is 408 g/mol. The van der Waals surface area contributed by atoms with Crippen molar-refractivity contribution >= 4 is 21.8 Å². The van der Waals surface area contributed by atoms with Gasteiger partial charge in [-0.25, -0.2) is 8.42 Å². The standard InChI is InChI=1S/C20H30N4O5S/c1-22(2)20(26)18-4-3-9-23(18)15-19(25)21-14-16-5-7-17(8-6-16)30(27,28)24-10-12-29-13-11-24/h5-8,18H,3-4,9-15H2,1-2H3,(H,21,25)/t18-/m0/s1. The van der Waals surface area contributed by atoms with E-state index in [1.807, 2.05) is 4.90 Å². The molecule has 10 heteroatoms. The molecule has 0 aromatic heterocycles. The second-order valence-electron chi connectivity index (χ2n) is 7.80. The molecule has 2 aliphatic rings. The molecule has 1 aromatic rings. The van der Waals surface area contributed by atoms with Gasteiger partial charge < -0.3 is 15.0 Å². The number of hydrogen-bond donors (Lipinski definition) is 1. The molecule has 0 aliphatic carbocycles. The van der Waals surface area contributed by atoms with Gasteiger partial charge in [0.2, 0.25) is 21.8 Å². The molecule has 0 radical (unpaired) electrons. The van der Waals surface area contributed by atoms with Crippen LogP contribution in [0.3, 0.4) is 0 Å². The summed E-state index contributed by atoms with van der Waals surface area (Å²) in [5.74, 6) is -0.129. The minimum Gasteiger partial charge on any atom is -0.379 e. The van der Waals surface area contributed by atoms with Crippen LogP contribution in [0.25, 0.3) is 0 Å². The predicted octanol–water partition coefficient (Wildman–Crippen LogP) is -0.124. The number of likely N-dealkylation sites (N-methyl/N-ethyl adjacent to an activating group) is 1. The van der Waals surface area contributed by atoms with Gasteiger partial charge in [-0.1, -0.05) is 12.1 Å². The minimum atomic E-state index is -3.52. The van der Waals surface area contributed by atoms with Crippen LogP contribution in [-0.2, 0) is 30.9 Å². The first-order valence-electron chi connectivity index (χ1n) is 10.2. The first-order chi connectivity index (χ1) is 14.3. The summed E-state index contributed by atoms with van der Waals surface area (Å²) in [5.41, 5.74) is 0.812. The molecule has 2 aliphatic heterocycles. The molecule has 0 unspecified atom stereocenters. The van der Waals surface area contributed by atoms with Crippen LogP contribution in [0.5, 0.6) is 0 Å². The van der Waals surface area contributed by atoms with Gasteiger partial charge in [-0.05, 0) is 37.1 Å². The lowest BCUT2D eigenvalue weighted by Gasteiger charge is -2.26. The summed E-state index contributed by atoms with van der Waals surface area (Å²) in [4.78, 5) is 28.3. The van der Waals surface area contributed by atoms with Crippen molar-refractivity contribution in [1.82, 2.24) is 19.4 Å². The number of nitrogens with one attached hydrogen (secondary N) is 1. The van der Waals surface area contributed by atoms with E-state index < -0.39 is 10.0 Å². The normalized spacial score (nSPS) is 20.8. The molecule has 2 heterocycles. The van der Waals surface area contributed by atoms with Gasteiger partial charge in [0.15, 0.2) is 0 Å². The summed E-state index contributed by atoms with van der Waals surface area (Å²) in [6, 6.07) is 6.32. The Hall–Kier alpha value is -2.01. The summed E-state index contributed by atoms with van der Waals surface area (Å²) in [6.45, 7) is 2.72. The first-order valence-corrected chi connectivity index (χ1v) is 11.6. The average molecular weight is 439 g/mol. The highest BCUT2D eigenvalue weighted by molar-refractivity contribution is 7.89. The Morgan fingerprint density at radius 2 is 1.80 bits per heavy atom. The fourth-order valence-corrected chi connectivity index (χ4v) is 5.16. The quantitative estimate of drug-likeness (QED) is 0.637. The number of amides is 2. The van der Waals surface area contributed by atoms with Crippen LogP contribution in [0.1, 0.15) is 18.4 Å². The lowest BCUT2D eigenvalue weighted by atomic mass is 10.2. The Kier molecular flexibility index (Phi) is 7.45. The zero-order chi connectivity index (χ0) is 21.7. The van der Waals surface area contributed by atoms with Gasteiger partial charge in [0.05, 0.1) is 30.7 Å². The Morgan fingerprint density at radius 3 is 2.43 bits per heavy atom. The van der Waals surface area contributed by atoms with E-state index in [4.69, 9.17) is 4.74 Å². The fourth-order valence-electron chi connectivity index (χ4n) is 3.75. The van der Waals surface area contributed by atoms with Crippen molar-refractivity contribution in [3.63, 3.8) is 0 Å². The third-order valence-corrected chi connectivity index (χ3v) is 7.37. The summed E-state index contributed by atoms with van der Waals surface area (Å²) in [7, 11) is -0.0757. The smallest absolute Gasteiger partial charge is 0.243 e. The number of morpholine rings is 1. The highest BCUT2D eigenvalue weighted by Gasteiger charge is 2.32. The van der Waals surface area contributed by atoms with Crippen molar-refractivity contribution in [2.75, 3.05) is 53.5 Å².